The number of carbonyl (C=O) groups excluding carboxylic acids is 1. The fourth-order valence-corrected chi connectivity index (χ4v) is 0.418. The molecule has 0 bridgehead atoms. The van der Waals surface area contributed by atoms with Gasteiger partial charge in [0.25, 0.3) is 0 Å². The van der Waals surface area contributed by atoms with E-state index in [1.54, 1.807) is 12.3 Å². The highest BCUT2D eigenvalue weighted by molar-refractivity contribution is 5.86. The van der Waals surface area contributed by atoms with Crippen molar-refractivity contribution in [2.75, 3.05) is 0 Å². The molecule has 0 saturated carbocycles. The molecule has 0 aliphatic carbocycles. The Balaban J connectivity index is 2.62. The van der Waals surface area contributed by atoms with E-state index in [1.165, 1.54) is 0 Å². The number of hydrogen-bond donors (Lipinski definition) is 2. The molecular weight excluding hydrogens is 92.1 g/mol. The summed E-state index contributed by atoms with van der Waals surface area (Å²) < 4.78 is 0. The lowest BCUT2D eigenvalue weighted by Crippen LogP contribution is -2.30. The lowest BCUT2D eigenvalue weighted by molar-refractivity contribution is -0.119. The molecule has 1 aliphatic heterocycles. The van der Waals surface area contributed by atoms with Gasteiger partial charge in [-0.3, -0.25) is 4.79 Å². The van der Waals surface area contributed by atoms with Gasteiger partial charge < -0.3 is 11.1 Å². The highest BCUT2D eigenvalue weighted by atomic mass is 16.2. The molecule has 38 valence electrons. The summed E-state index contributed by atoms with van der Waals surface area (Å²) in [6.07, 6.45) is 3.16. The maximum atomic E-state index is 10.3. The van der Waals surface area contributed by atoms with Crippen LogP contribution in [0.15, 0.2) is 12.3 Å². The van der Waals surface area contributed by atoms with E-state index in [0.717, 1.165) is 0 Å². The van der Waals surface area contributed by atoms with Crippen molar-refractivity contribution in [3.05, 3.63) is 12.3 Å². The van der Waals surface area contributed by atoms with Gasteiger partial charge in [-0.2, -0.15) is 0 Å². The van der Waals surface area contributed by atoms with Crippen molar-refractivity contribution in [3.63, 3.8) is 0 Å². The SMILES string of the molecule is N[C@@H]1C=CNC1=O. The Morgan fingerprint density at radius 2 is 2.57 bits per heavy atom. The monoisotopic (exact) mass is 98.0 g/mol. The number of carbonyl (C=O) groups is 1. The van der Waals surface area contributed by atoms with E-state index in [-0.39, 0.29) is 5.91 Å². The molecule has 0 fully saturated rings. The van der Waals surface area contributed by atoms with Crippen molar-refractivity contribution in [1.29, 1.82) is 0 Å². The van der Waals surface area contributed by atoms with Gasteiger partial charge in [0.05, 0.1) is 0 Å². The van der Waals surface area contributed by atoms with Gasteiger partial charge in [0.1, 0.15) is 6.04 Å². The molecule has 0 aromatic carbocycles. The standard InChI is InChI=1S/C4H6N2O/c5-3-1-2-6-4(3)7/h1-3H,5H2,(H,6,7)/t3-/m1/s1. The third-order valence-corrected chi connectivity index (χ3v) is 0.832. The molecular formula is C4H6N2O. The van der Waals surface area contributed by atoms with Crippen LogP contribution in [0.25, 0.3) is 0 Å². The van der Waals surface area contributed by atoms with E-state index in [0.29, 0.717) is 0 Å². The first kappa shape index (κ1) is 4.33. The van der Waals surface area contributed by atoms with Crippen LogP contribution in [0.4, 0.5) is 0 Å². The zero-order valence-electron chi connectivity index (χ0n) is 3.72. The van der Waals surface area contributed by atoms with E-state index in [1.807, 2.05) is 0 Å². The van der Waals surface area contributed by atoms with Crippen LogP contribution in [0.5, 0.6) is 0 Å². The Morgan fingerprint density at radius 3 is 2.71 bits per heavy atom. The quantitative estimate of drug-likeness (QED) is 0.406. The minimum absolute atomic E-state index is 0.125. The van der Waals surface area contributed by atoms with E-state index < -0.39 is 6.04 Å². The number of hydrogen-bond acceptors (Lipinski definition) is 2. The topological polar surface area (TPSA) is 55.1 Å². The van der Waals surface area contributed by atoms with Crippen LogP contribution in [0.3, 0.4) is 0 Å². The fraction of sp³-hybridized carbons (Fsp3) is 0.250. The molecule has 3 N–H and O–H groups in total. The first-order valence-electron chi connectivity index (χ1n) is 2.03. The average molecular weight is 98.1 g/mol. The average Bonchev–Trinajstić information content (AvgIpc) is 1.91. The van der Waals surface area contributed by atoms with E-state index in [9.17, 15) is 4.79 Å². The molecule has 0 aromatic heterocycles. The summed E-state index contributed by atoms with van der Waals surface area (Å²) in [6, 6.07) is -0.417. The second-order valence-electron chi connectivity index (χ2n) is 1.39. The van der Waals surface area contributed by atoms with Crippen molar-refractivity contribution in [1.82, 2.24) is 5.32 Å². The molecule has 0 aromatic rings. The number of rotatable bonds is 0. The van der Waals surface area contributed by atoms with E-state index in [2.05, 4.69) is 5.32 Å². The second kappa shape index (κ2) is 1.35. The van der Waals surface area contributed by atoms with E-state index in [4.69, 9.17) is 5.73 Å². The van der Waals surface area contributed by atoms with Crippen LogP contribution in [0.2, 0.25) is 0 Å². The van der Waals surface area contributed by atoms with Gasteiger partial charge in [-0.25, -0.2) is 0 Å². The molecule has 0 spiro atoms. The number of amides is 1. The van der Waals surface area contributed by atoms with Crippen LogP contribution in [-0.4, -0.2) is 11.9 Å². The molecule has 1 aliphatic rings. The third kappa shape index (κ3) is 0.618. The van der Waals surface area contributed by atoms with Crippen LogP contribution in [0, 0.1) is 0 Å². The minimum Gasteiger partial charge on any atom is -0.331 e. The molecule has 0 unspecified atom stereocenters. The maximum Gasteiger partial charge on any atom is 0.244 e. The molecule has 1 rings (SSSR count). The Kier molecular flexibility index (Phi) is 0.834. The van der Waals surface area contributed by atoms with Gasteiger partial charge in [-0.1, -0.05) is 0 Å². The normalized spacial score (nSPS) is 28.1. The summed E-state index contributed by atoms with van der Waals surface area (Å²) in [5.41, 5.74) is 5.18. The predicted molar refractivity (Wildman–Crippen MR) is 25.3 cm³/mol. The molecule has 7 heavy (non-hydrogen) atoms. The Hall–Kier alpha value is -0.830. The molecule has 1 amide bonds. The smallest absolute Gasteiger partial charge is 0.244 e. The summed E-state index contributed by atoms with van der Waals surface area (Å²) in [6.45, 7) is 0. The van der Waals surface area contributed by atoms with Gasteiger partial charge in [0, 0.05) is 6.20 Å². The van der Waals surface area contributed by atoms with Gasteiger partial charge in [-0.05, 0) is 6.08 Å². The van der Waals surface area contributed by atoms with Gasteiger partial charge in [0.2, 0.25) is 5.91 Å². The van der Waals surface area contributed by atoms with Gasteiger partial charge in [0.15, 0.2) is 0 Å². The minimum atomic E-state index is -0.417. The highest BCUT2D eigenvalue weighted by Crippen LogP contribution is 1.87. The summed E-state index contributed by atoms with van der Waals surface area (Å²) in [5.74, 6) is -0.125. The second-order valence-corrected chi connectivity index (χ2v) is 1.39. The van der Waals surface area contributed by atoms with Crippen LogP contribution in [0.1, 0.15) is 0 Å². The Morgan fingerprint density at radius 1 is 1.86 bits per heavy atom. The summed E-state index contributed by atoms with van der Waals surface area (Å²) in [4.78, 5) is 10.3. The molecule has 3 nitrogen and oxygen atoms in total. The van der Waals surface area contributed by atoms with Crippen molar-refractivity contribution < 1.29 is 4.79 Å². The van der Waals surface area contributed by atoms with Crippen LogP contribution < -0.4 is 11.1 Å². The van der Waals surface area contributed by atoms with Crippen molar-refractivity contribution in [3.8, 4) is 0 Å². The first-order chi connectivity index (χ1) is 3.30. The highest BCUT2D eigenvalue weighted by Gasteiger charge is 2.11. The first-order valence-corrected chi connectivity index (χ1v) is 2.03. The van der Waals surface area contributed by atoms with Gasteiger partial charge in [-0.15, -0.1) is 0 Å². The maximum absolute atomic E-state index is 10.3. The lowest BCUT2D eigenvalue weighted by atomic mass is 10.3. The van der Waals surface area contributed by atoms with Crippen LogP contribution >= 0.6 is 0 Å². The van der Waals surface area contributed by atoms with Crippen LogP contribution in [-0.2, 0) is 4.79 Å². The number of nitrogens with one attached hydrogen (secondary N) is 1. The summed E-state index contributed by atoms with van der Waals surface area (Å²) in [7, 11) is 0. The largest absolute Gasteiger partial charge is 0.331 e. The molecule has 0 saturated heterocycles. The predicted octanol–water partition coefficient (Wildman–Crippen LogP) is -1.04. The molecule has 3 heteroatoms. The fourth-order valence-electron chi connectivity index (χ4n) is 0.418. The molecule has 1 atom stereocenters. The summed E-state index contributed by atoms with van der Waals surface area (Å²) in [5, 5.41) is 2.42. The summed E-state index contributed by atoms with van der Waals surface area (Å²) >= 11 is 0. The van der Waals surface area contributed by atoms with Crippen molar-refractivity contribution >= 4 is 5.91 Å². The zero-order valence-corrected chi connectivity index (χ0v) is 3.72. The third-order valence-electron chi connectivity index (χ3n) is 0.832. The van der Waals surface area contributed by atoms with Crippen molar-refractivity contribution in [2.24, 2.45) is 5.73 Å². The lowest BCUT2D eigenvalue weighted by Gasteiger charge is -1.91. The Labute approximate surface area is 41.2 Å². The van der Waals surface area contributed by atoms with Gasteiger partial charge >= 0.3 is 0 Å². The van der Waals surface area contributed by atoms with Crippen molar-refractivity contribution in [2.45, 2.75) is 6.04 Å². The molecule has 0 radical (unpaired) electrons. The molecule has 1 heterocycles. The van der Waals surface area contributed by atoms with E-state index >= 15 is 0 Å². The Bertz CT molecular complexity index is 119. The number of nitrogens with two attached hydrogens (primary N) is 1. The zero-order chi connectivity index (χ0) is 5.28.